The molecular formula is CH2FN7. The number of halogens is 1. The normalized spacial score (nSPS) is 10.3. The molecule has 0 aliphatic rings. The fourth-order valence-electron chi connectivity index (χ4n) is 0.0961. The Kier molecular flexibility index (Phi) is 3.72. The van der Waals surface area contributed by atoms with Gasteiger partial charge in [-0.3, -0.25) is 0 Å². The fraction of sp³-hybridized carbons (Fsp3) is 0. The Labute approximate surface area is 49.1 Å². The molecule has 0 aromatic heterocycles. The summed E-state index contributed by atoms with van der Waals surface area (Å²) in [4.78, 5) is 0. The van der Waals surface area contributed by atoms with Crippen molar-refractivity contribution in [2.75, 3.05) is 0 Å². The number of nitrogens with zero attached hydrogens (tertiary/aromatic N) is 6. The summed E-state index contributed by atoms with van der Waals surface area (Å²) < 4.78 is 11.3. The first-order valence-corrected chi connectivity index (χ1v) is 1.67. The number of hydrazine groups is 1. The highest BCUT2D eigenvalue weighted by Gasteiger charge is 1.79. The molecule has 0 aromatic rings. The van der Waals surface area contributed by atoms with Crippen molar-refractivity contribution in [3.63, 3.8) is 0 Å². The van der Waals surface area contributed by atoms with Crippen LogP contribution in [0, 0.1) is 11.5 Å². The molecule has 0 aromatic carbocycles. The van der Waals surface area contributed by atoms with Crippen LogP contribution in [-0.2, 0) is 0 Å². The third kappa shape index (κ3) is 6.38. The third-order valence-electron chi connectivity index (χ3n) is 0.255. The van der Waals surface area contributed by atoms with E-state index in [9.17, 15) is 4.48 Å². The van der Waals surface area contributed by atoms with Gasteiger partial charge in [0.25, 0.3) is 0 Å². The lowest BCUT2D eigenvalue weighted by Gasteiger charge is -1.87. The maximum atomic E-state index is 11.3. The van der Waals surface area contributed by atoms with Crippen LogP contribution in [0.2, 0.25) is 0 Å². The van der Waals surface area contributed by atoms with Crippen molar-refractivity contribution in [3.05, 3.63) is 0 Å². The molecule has 8 heteroatoms. The van der Waals surface area contributed by atoms with Gasteiger partial charge in [0.05, 0.1) is 0 Å². The van der Waals surface area contributed by atoms with Crippen molar-refractivity contribution in [1.82, 2.24) is 5.34 Å². The standard InChI is InChI=1S/CH2FN7/c2-9(4)8-7-6-5-1-3/h4H2/b6-5?,8-7+. The zero-order chi connectivity index (χ0) is 7.11. The zero-order valence-electron chi connectivity index (χ0n) is 4.14. The van der Waals surface area contributed by atoms with Crippen LogP contribution in [0.5, 0.6) is 0 Å². The minimum Gasteiger partial charge on any atom is -0.199 e. The average molecular weight is 131 g/mol. The summed E-state index contributed by atoms with van der Waals surface area (Å²) in [6, 6.07) is 0. The second kappa shape index (κ2) is 4.54. The Morgan fingerprint density at radius 1 is 1.56 bits per heavy atom. The molecule has 0 saturated carbocycles. The fourth-order valence-corrected chi connectivity index (χ4v) is 0.0961. The van der Waals surface area contributed by atoms with Gasteiger partial charge in [-0.15, -0.1) is 0 Å². The van der Waals surface area contributed by atoms with Crippen molar-refractivity contribution >= 4 is 0 Å². The summed E-state index contributed by atoms with van der Waals surface area (Å²) in [6.45, 7) is 0. The monoisotopic (exact) mass is 131 g/mol. The van der Waals surface area contributed by atoms with Gasteiger partial charge >= 0.3 is 0 Å². The summed E-state index contributed by atoms with van der Waals surface area (Å²) in [6.07, 6.45) is 1.26. The Morgan fingerprint density at radius 2 is 2.22 bits per heavy atom. The lowest BCUT2D eigenvalue weighted by Crippen LogP contribution is -2.12. The molecule has 0 heterocycles. The topological polar surface area (TPSA) is 102 Å². The molecule has 0 saturated heterocycles. The molecular weight excluding hydrogens is 129 g/mol. The molecule has 0 fully saturated rings. The van der Waals surface area contributed by atoms with Crippen molar-refractivity contribution in [2.45, 2.75) is 0 Å². The Hall–Kier alpha value is -1.62. The molecule has 0 unspecified atom stereocenters. The van der Waals surface area contributed by atoms with Gasteiger partial charge in [0, 0.05) is 0 Å². The van der Waals surface area contributed by atoms with Gasteiger partial charge in [0.15, 0.2) is 0 Å². The van der Waals surface area contributed by atoms with Crippen LogP contribution < -0.4 is 5.84 Å². The van der Waals surface area contributed by atoms with E-state index in [1.54, 1.807) is 0 Å². The van der Waals surface area contributed by atoms with Crippen LogP contribution in [0.15, 0.2) is 20.8 Å². The van der Waals surface area contributed by atoms with Gasteiger partial charge in [-0.05, 0) is 26.1 Å². The molecule has 0 amide bonds. The van der Waals surface area contributed by atoms with Crippen molar-refractivity contribution in [3.8, 4) is 6.19 Å². The maximum absolute atomic E-state index is 11.3. The summed E-state index contributed by atoms with van der Waals surface area (Å²) in [5.74, 6) is 4.30. The van der Waals surface area contributed by atoms with Crippen LogP contribution in [0.4, 0.5) is 4.48 Å². The van der Waals surface area contributed by atoms with Crippen LogP contribution in [-0.4, -0.2) is 5.34 Å². The first kappa shape index (κ1) is 7.38. The molecule has 7 nitrogen and oxygen atoms in total. The van der Waals surface area contributed by atoms with E-state index < -0.39 is 5.34 Å². The van der Waals surface area contributed by atoms with Crippen LogP contribution >= 0.6 is 0 Å². The molecule has 0 aliphatic heterocycles. The van der Waals surface area contributed by atoms with Gasteiger partial charge in [0.2, 0.25) is 6.19 Å². The van der Waals surface area contributed by atoms with Crippen molar-refractivity contribution in [2.24, 2.45) is 26.6 Å². The smallest absolute Gasteiger partial charge is 0.199 e. The van der Waals surface area contributed by atoms with Crippen molar-refractivity contribution < 1.29 is 4.48 Å². The highest BCUT2D eigenvalue weighted by atomic mass is 19.2. The number of nitriles is 1. The third-order valence-corrected chi connectivity index (χ3v) is 0.255. The molecule has 0 radical (unpaired) electrons. The largest absolute Gasteiger partial charge is 0.227 e. The van der Waals surface area contributed by atoms with E-state index in [1.807, 2.05) is 0 Å². The van der Waals surface area contributed by atoms with Gasteiger partial charge < -0.3 is 0 Å². The van der Waals surface area contributed by atoms with Crippen LogP contribution in [0.3, 0.4) is 0 Å². The van der Waals surface area contributed by atoms with Crippen LogP contribution in [0.25, 0.3) is 0 Å². The number of rotatable bonds is 2. The molecule has 0 bridgehead atoms. The highest BCUT2D eigenvalue weighted by molar-refractivity contribution is 4.56. The summed E-state index contributed by atoms with van der Waals surface area (Å²) in [5, 5.41) is 17.6. The molecule has 0 spiro atoms. The molecule has 0 aliphatic carbocycles. The Balaban J connectivity index is 3.50. The van der Waals surface area contributed by atoms with E-state index in [0.29, 0.717) is 0 Å². The van der Waals surface area contributed by atoms with Gasteiger partial charge in [-0.2, -0.15) is 11.1 Å². The van der Waals surface area contributed by atoms with E-state index in [-0.39, 0.29) is 0 Å². The SMILES string of the molecule is N#CN=N/N=N/N(N)F. The summed E-state index contributed by atoms with van der Waals surface area (Å²) in [5.41, 5.74) is 0. The zero-order valence-corrected chi connectivity index (χ0v) is 4.14. The van der Waals surface area contributed by atoms with Crippen molar-refractivity contribution in [1.29, 1.82) is 5.26 Å². The van der Waals surface area contributed by atoms with Crippen LogP contribution in [0.1, 0.15) is 0 Å². The molecule has 2 N–H and O–H groups in total. The average Bonchev–Trinajstić information content (AvgIpc) is 1.80. The van der Waals surface area contributed by atoms with Gasteiger partial charge in [0.1, 0.15) is 0 Å². The molecule has 0 atom stereocenters. The first-order chi connectivity index (χ1) is 4.27. The second-order valence-corrected chi connectivity index (χ2v) is 0.757. The summed E-state index contributed by atoms with van der Waals surface area (Å²) in [7, 11) is 0. The van der Waals surface area contributed by atoms with E-state index in [4.69, 9.17) is 5.26 Å². The Bertz CT molecular complexity index is 151. The quantitative estimate of drug-likeness (QED) is 0.191. The lowest BCUT2D eigenvalue weighted by molar-refractivity contribution is 0.0161. The minimum atomic E-state index is -0.559. The van der Waals surface area contributed by atoms with Gasteiger partial charge in [-0.1, -0.05) is 4.48 Å². The van der Waals surface area contributed by atoms with E-state index in [2.05, 4.69) is 26.6 Å². The number of hydrogen-bond donors (Lipinski definition) is 1. The first-order valence-electron chi connectivity index (χ1n) is 1.67. The van der Waals surface area contributed by atoms with Gasteiger partial charge in [-0.25, -0.2) is 0 Å². The highest BCUT2D eigenvalue weighted by Crippen LogP contribution is 1.81. The van der Waals surface area contributed by atoms with E-state index in [1.165, 1.54) is 6.19 Å². The molecule has 0 rings (SSSR count). The number of hydrogen-bond acceptors (Lipinski definition) is 4. The number of nitrogens with two attached hydrogens (primary N) is 1. The summed E-state index contributed by atoms with van der Waals surface area (Å²) >= 11 is 0. The lowest BCUT2D eigenvalue weighted by atomic mass is 11.5. The van der Waals surface area contributed by atoms with E-state index >= 15 is 0 Å². The maximum Gasteiger partial charge on any atom is 0.227 e. The Morgan fingerprint density at radius 3 is 2.67 bits per heavy atom. The predicted molar refractivity (Wildman–Crippen MR) is 22.5 cm³/mol. The molecule has 9 heavy (non-hydrogen) atoms. The van der Waals surface area contributed by atoms with E-state index in [0.717, 1.165) is 0 Å². The second-order valence-electron chi connectivity index (χ2n) is 0.757. The predicted octanol–water partition coefficient (Wildman–Crippen LogP) is 0.262. The molecule has 48 valence electrons. The minimum absolute atomic E-state index is 0.559.